The van der Waals surface area contributed by atoms with Crippen molar-refractivity contribution >= 4 is 34.6 Å². The Labute approximate surface area is 168 Å². The van der Waals surface area contributed by atoms with Gasteiger partial charge in [0.1, 0.15) is 11.8 Å². The number of aromatic nitrogens is 2. The Morgan fingerprint density at radius 1 is 1.19 bits per heavy atom. The molecule has 1 aliphatic heterocycles. The molecule has 0 unspecified atom stereocenters. The average Bonchev–Trinajstić information content (AvgIpc) is 3.17. The molecule has 0 spiro atoms. The zero-order valence-corrected chi connectivity index (χ0v) is 16.5. The standard InChI is InChI=1S/C20H19ClN4OS/c1-12-6-8-15(24(12)2)19-18(14-5-3-4-10-22-14)23-20(27)25(19)16-11-13(21)7-9-17(16)26/h3-11,18-19,26H,1-2H3,(H,23,27)/t18-,19+/m0/s1. The van der Waals surface area contributed by atoms with E-state index in [1.54, 1.807) is 24.4 Å². The number of rotatable bonds is 3. The Kier molecular flexibility index (Phi) is 4.53. The molecule has 2 N–H and O–H groups in total. The van der Waals surface area contributed by atoms with Crippen molar-refractivity contribution in [1.29, 1.82) is 0 Å². The van der Waals surface area contributed by atoms with Gasteiger partial charge in [0, 0.05) is 29.7 Å². The number of anilines is 1. The van der Waals surface area contributed by atoms with Crippen molar-refractivity contribution in [3.8, 4) is 5.75 Å². The van der Waals surface area contributed by atoms with Gasteiger partial charge in [0.05, 0.1) is 17.4 Å². The molecule has 1 aliphatic rings. The highest BCUT2D eigenvalue weighted by Crippen LogP contribution is 2.44. The molecule has 1 fully saturated rings. The highest BCUT2D eigenvalue weighted by Gasteiger charge is 2.42. The summed E-state index contributed by atoms with van der Waals surface area (Å²) in [6.07, 6.45) is 1.77. The fourth-order valence-corrected chi connectivity index (χ4v) is 4.04. The van der Waals surface area contributed by atoms with Gasteiger partial charge < -0.3 is 19.9 Å². The molecule has 0 amide bonds. The van der Waals surface area contributed by atoms with E-state index in [0.717, 1.165) is 17.1 Å². The van der Waals surface area contributed by atoms with E-state index >= 15 is 0 Å². The summed E-state index contributed by atoms with van der Waals surface area (Å²) in [5.74, 6) is 0.126. The van der Waals surface area contributed by atoms with Crippen molar-refractivity contribution in [2.45, 2.75) is 19.0 Å². The second-order valence-corrected chi connectivity index (χ2v) is 7.41. The van der Waals surface area contributed by atoms with Crippen LogP contribution in [-0.4, -0.2) is 19.8 Å². The third-order valence-corrected chi connectivity index (χ3v) is 5.56. The number of hydrogen-bond acceptors (Lipinski definition) is 3. The Hall–Kier alpha value is -2.57. The summed E-state index contributed by atoms with van der Waals surface area (Å²) in [5, 5.41) is 14.9. The van der Waals surface area contributed by atoms with Crippen LogP contribution in [0.25, 0.3) is 0 Å². The van der Waals surface area contributed by atoms with Crippen LogP contribution in [0.15, 0.2) is 54.7 Å². The summed E-state index contributed by atoms with van der Waals surface area (Å²) in [4.78, 5) is 6.45. The molecular weight excluding hydrogens is 380 g/mol. The Morgan fingerprint density at radius 3 is 2.67 bits per heavy atom. The predicted molar refractivity (Wildman–Crippen MR) is 111 cm³/mol. The molecule has 5 nitrogen and oxygen atoms in total. The van der Waals surface area contributed by atoms with E-state index in [2.05, 4.69) is 33.9 Å². The number of nitrogens with one attached hydrogen (secondary N) is 1. The zero-order valence-electron chi connectivity index (χ0n) is 14.9. The maximum atomic E-state index is 10.5. The molecule has 0 saturated carbocycles. The topological polar surface area (TPSA) is 53.3 Å². The maximum Gasteiger partial charge on any atom is 0.174 e. The molecule has 0 aliphatic carbocycles. The van der Waals surface area contributed by atoms with Gasteiger partial charge in [0.25, 0.3) is 0 Å². The van der Waals surface area contributed by atoms with Crippen LogP contribution in [0, 0.1) is 6.92 Å². The molecule has 1 aromatic carbocycles. The van der Waals surface area contributed by atoms with Gasteiger partial charge in [-0.2, -0.15) is 0 Å². The van der Waals surface area contributed by atoms with E-state index in [1.807, 2.05) is 30.1 Å². The van der Waals surface area contributed by atoms with Crippen molar-refractivity contribution in [2.24, 2.45) is 7.05 Å². The van der Waals surface area contributed by atoms with Gasteiger partial charge in [-0.1, -0.05) is 17.7 Å². The molecule has 2 aromatic heterocycles. The van der Waals surface area contributed by atoms with Gasteiger partial charge in [-0.05, 0) is 61.6 Å². The lowest BCUT2D eigenvalue weighted by Crippen LogP contribution is -2.30. The van der Waals surface area contributed by atoms with E-state index in [1.165, 1.54) is 0 Å². The van der Waals surface area contributed by atoms with Crippen LogP contribution in [0.4, 0.5) is 5.69 Å². The first-order valence-corrected chi connectivity index (χ1v) is 9.37. The van der Waals surface area contributed by atoms with Crippen molar-refractivity contribution < 1.29 is 5.11 Å². The van der Waals surface area contributed by atoms with E-state index in [9.17, 15) is 5.11 Å². The van der Waals surface area contributed by atoms with Crippen LogP contribution in [0.5, 0.6) is 5.75 Å². The second-order valence-electron chi connectivity index (χ2n) is 6.59. The lowest BCUT2D eigenvalue weighted by Gasteiger charge is -2.29. The molecule has 3 aromatic rings. The molecule has 2 atom stereocenters. The van der Waals surface area contributed by atoms with Gasteiger partial charge in [-0.15, -0.1) is 0 Å². The maximum absolute atomic E-state index is 10.5. The lowest BCUT2D eigenvalue weighted by atomic mass is 10.0. The average molecular weight is 399 g/mol. The van der Waals surface area contributed by atoms with Crippen LogP contribution in [0.1, 0.15) is 29.2 Å². The number of aryl methyl sites for hydroxylation is 1. The molecule has 7 heteroatoms. The first-order chi connectivity index (χ1) is 13.0. The molecule has 4 rings (SSSR count). The first-order valence-electron chi connectivity index (χ1n) is 8.59. The quantitative estimate of drug-likeness (QED) is 0.645. The number of pyridine rings is 1. The van der Waals surface area contributed by atoms with E-state index < -0.39 is 0 Å². The number of hydrogen-bond donors (Lipinski definition) is 2. The van der Waals surface area contributed by atoms with Gasteiger partial charge in [-0.25, -0.2) is 0 Å². The van der Waals surface area contributed by atoms with Gasteiger partial charge in [0.15, 0.2) is 5.11 Å². The Morgan fingerprint density at radius 2 is 2.00 bits per heavy atom. The minimum atomic E-state index is -0.185. The van der Waals surface area contributed by atoms with Crippen LogP contribution >= 0.6 is 23.8 Å². The van der Waals surface area contributed by atoms with Crippen LogP contribution < -0.4 is 10.2 Å². The second kappa shape index (κ2) is 6.87. The van der Waals surface area contributed by atoms with Crippen molar-refractivity contribution in [3.05, 3.63) is 76.8 Å². The number of phenols is 1. The largest absolute Gasteiger partial charge is 0.506 e. The van der Waals surface area contributed by atoms with Crippen molar-refractivity contribution in [1.82, 2.24) is 14.9 Å². The Bertz CT molecular complexity index is 1000. The Balaban J connectivity index is 1.90. The number of phenolic OH excluding ortho intramolecular Hbond substituents is 1. The summed E-state index contributed by atoms with van der Waals surface area (Å²) in [7, 11) is 2.03. The van der Waals surface area contributed by atoms with E-state index in [-0.39, 0.29) is 17.8 Å². The molecule has 1 saturated heterocycles. The van der Waals surface area contributed by atoms with Gasteiger partial charge >= 0.3 is 0 Å². The highest BCUT2D eigenvalue weighted by atomic mass is 35.5. The normalized spacial score (nSPS) is 19.4. The zero-order chi connectivity index (χ0) is 19.1. The summed E-state index contributed by atoms with van der Waals surface area (Å²) in [6.45, 7) is 2.06. The molecule has 3 heterocycles. The van der Waals surface area contributed by atoms with Crippen molar-refractivity contribution in [3.63, 3.8) is 0 Å². The predicted octanol–water partition coefficient (Wildman–Crippen LogP) is 4.26. The minimum absolute atomic E-state index is 0.126. The van der Waals surface area contributed by atoms with E-state index in [4.69, 9.17) is 23.8 Å². The number of thiocarbonyl (C=S) groups is 1. The smallest absolute Gasteiger partial charge is 0.174 e. The fourth-order valence-electron chi connectivity index (χ4n) is 3.53. The van der Waals surface area contributed by atoms with Crippen LogP contribution in [0.2, 0.25) is 5.02 Å². The van der Waals surface area contributed by atoms with Crippen LogP contribution in [0.3, 0.4) is 0 Å². The first kappa shape index (κ1) is 17.8. The third kappa shape index (κ3) is 3.05. The summed E-state index contributed by atoms with van der Waals surface area (Å²) < 4.78 is 2.13. The SMILES string of the molecule is Cc1ccc([C@@H]2[C@H](c3ccccn3)NC(=S)N2c2cc(Cl)ccc2O)n1C. The number of benzene rings is 1. The molecule has 27 heavy (non-hydrogen) atoms. The summed E-state index contributed by atoms with van der Waals surface area (Å²) in [6, 6.07) is 14.6. The minimum Gasteiger partial charge on any atom is -0.506 e. The van der Waals surface area contributed by atoms with Crippen LogP contribution in [-0.2, 0) is 7.05 Å². The number of halogens is 1. The summed E-state index contributed by atoms with van der Waals surface area (Å²) >= 11 is 11.9. The summed E-state index contributed by atoms with van der Waals surface area (Å²) in [5.41, 5.74) is 3.66. The highest BCUT2D eigenvalue weighted by molar-refractivity contribution is 7.80. The third-order valence-electron chi connectivity index (χ3n) is 5.01. The van der Waals surface area contributed by atoms with Gasteiger partial charge in [-0.3, -0.25) is 4.98 Å². The number of nitrogens with zero attached hydrogens (tertiary/aromatic N) is 3. The molecule has 0 radical (unpaired) electrons. The van der Waals surface area contributed by atoms with E-state index in [0.29, 0.717) is 15.8 Å². The van der Waals surface area contributed by atoms with Gasteiger partial charge in [0.2, 0.25) is 0 Å². The molecule has 138 valence electrons. The lowest BCUT2D eigenvalue weighted by molar-refractivity contribution is 0.471. The monoisotopic (exact) mass is 398 g/mol. The fraction of sp³-hybridized carbons (Fsp3) is 0.200. The molecule has 0 bridgehead atoms. The van der Waals surface area contributed by atoms with Crippen molar-refractivity contribution in [2.75, 3.05) is 4.90 Å². The molecular formula is C20H19ClN4OS. The number of aromatic hydroxyl groups is 1.